The summed E-state index contributed by atoms with van der Waals surface area (Å²) in [5, 5.41) is 4.90. The number of aryl methyl sites for hydroxylation is 1. The molecule has 25 heavy (non-hydrogen) atoms. The van der Waals surface area contributed by atoms with Gasteiger partial charge in [-0.3, -0.25) is 4.79 Å². The second-order valence-electron chi connectivity index (χ2n) is 6.28. The van der Waals surface area contributed by atoms with Gasteiger partial charge in [-0.1, -0.05) is 38.1 Å². The van der Waals surface area contributed by atoms with Crippen LogP contribution in [-0.4, -0.2) is 22.5 Å². The predicted molar refractivity (Wildman–Crippen MR) is 101 cm³/mol. The van der Waals surface area contributed by atoms with E-state index in [1.807, 2.05) is 42.5 Å². The van der Waals surface area contributed by atoms with Crippen molar-refractivity contribution in [2.24, 2.45) is 11.0 Å². The molecular formula is C20H21N3O2. The van der Waals surface area contributed by atoms with Gasteiger partial charge in [-0.05, 0) is 37.1 Å². The number of ether oxygens (including phenoxy) is 1. The summed E-state index contributed by atoms with van der Waals surface area (Å²) in [7, 11) is 0. The van der Waals surface area contributed by atoms with Crippen molar-refractivity contribution in [3.8, 4) is 5.75 Å². The van der Waals surface area contributed by atoms with Gasteiger partial charge in [0.15, 0.2) is 0 Å². The van der Waals surface area contributed by atoms with Crippen LogP contribution in [0.5, 0.6) is 5.75 Å². The minimum absolute atomic E-state index is 0.181. The Balaban J connectivity index is 1.98. The van der Waals surface area contributed by atoms with E-state index in [1.54, 1.807) is 19.2 Å². The molecule has 5 heteroatoms. The molecule has 0 saturated carbocycles. The quantitative estimate of drug-likeness (QED) is 0.669. The Morgan fingerprint density at radius 2 is 1.88 bits per heavy atom. The zero-order chi connectivity index (χ0) is 17.8. The third kappa shape index (κ3) is 3.76. The lowest BCUT2D eigenvalue weighted by Crippen LogP contribution is -2.20. The van der Waals surface area contributed by atoms with Gasteiger partial charge in [-0.25, -0.2) is 4.98 Å². The Labute approximate surface area is 146 Å². The van der Waals surface area contributed by atoms with Crippen molar-refractivity contribution in [2.45, 2.75) is 20.8 Å². The van der Waals surface area contributed by atoms with E-state index >= 15 is 0 Å². The largest absolute Gasteiger partial charge is 0.493 e. The van der Waals surface area contributed by atoms with Crippen LogP contribution in [-0.2, 0) is 0 Å². The smallest absolute Gasteiger partial charge is 0.282 e. The van der Waals surface area contributed by atoms with E-state index in [9.17, 15) is 4.79 Å². The topological polar surface area (TPSA) is 56.5 Å². The normalized spacial score (nSPS) is 11.5. The van der Waals surface area contributed by atoms with Crippen LogP contribution in [0.3, 0.4) is 0 Å². The highest BCUT2D eigenvalue weighted by Crippen LogP contribution is 2.17. The van der Waals surface area contributed by atoms with Gasteiger partial charge in [0, 0.05) is 5.56 Å². The minimum Gasteiger partial charge on any atom is -0.493 e. The lowest BCUT2D eigenvalue weighted by Gasteiger charge is -2.11. The van der Waals surface area contributed by atoms with Crippen molar-refractivity contribution in [1.82, 2.24) is 9.66 Å². The van der Waals surface area contributed by atoms with E-state index in [0.717, 1.165) is 11.3 Å². The summed E-state index contributed by atoms with van der Waals surface area (Å²) in [4.78, 5) is 17.1. The first-order chi connectivity index (χ1) is 12.1. The molecule has 0 fully saturated rings. The number of benzene rings is 2. The maximum Gasteiger partial charge on any atom is 0.282 e. The molecule has 0 aliphatic rings. The fraction of sp³-hybridized carbons (Fsp3) is 0.250. The SMILES string of the molecule is Cc1nc2ccccc2c(=O)n1/N=C/c1ccccc1OCC(C)C. The fourth-order valence-electron chi connectivity index (χ4n) is 2.47. The first-order valence-electron chi connectivity index (χ1n) is 8.31. The zero-order valence-electron chi connectivity index (χ0n) is 14.6. The number of hydrogen-bond donors (Lipinski definition) is 0. The Morgan fingerprint density at radius 3 is 2.68 bits per heavy atom. The molecule has 0 amide bonds. The molecule has 5 nitrogen and oxygen atoms in total. The zero-order valence-corrected chi connectivity index (χ0v) is 14.6. The molecule has 1 heterocycles. The highest BCUT2D eigenvalue weighted by Gasteiger charge is 2.07. The molecule has 0 N–H and O–H groups in total. The molecule has 0 saturated heterocycles. The molecule has 0 bridgehead atoms. The lowest BCUT2D eigenvalue weighted by atomic mass is 10.2. The van der Waals surface area contributed by atoms with Gasteiger partial charge in [-0.15, -0.1) is 0 Å². The monoisotopic (exact) mass is 335 g/mol. The van der Waals surface area contributed by atoms with Crippen LogP contribution in [0, 0.1) is 12.8 Å². The molecule has 0 aliphatic carbocycles. The van der Waals surface area contributed by atoms with Crippen LogP contribution in [0.1, 0.15) is 25.2 Å². The maximum absolute atomic E-state index is 12.6. The summed E-state index contributed by atoms with van der Waals surface area (Å²) in [6.45, 7) is 6.59. The van der Waals surface area contributed by atoms with E-state index < -0.39 is 0 Å². The van der Waals surface area contributed by atoms with Crippen LogP contribution in [0.15, 0.2) is 58.4 Å². The van der Waals surface area contributed by atoms with Crippen LogP contribution in [0.2, 0.25) is 0 Å². The number of nitrogens with zero attached hydrogens (tertiary/aromatic N) is 3. The van der Waals surface area contributed by atoms with Gasteiger partial charge in [0.25, 0.3) is 5.56 Å². The molecule has 3 aromatic rings. The van der Waals surface area contributed by atoms with Crippen molar-refractivity contribution in [3.05, 3.63) is 70.3 Å². The molecule has 128 valence electrons. The molecule has 0 unspecified atom stereocenters. The molecule has 3 rings (SSSR count). The molecule has 2 aromatic carbocycles. The van der Waals surface area contributed by atoms with Crippen molar-refractivity contribution in [3.63, 3.8) is 0 Å². The first-order valence-corrected chi connectivity index (χ1v) is 8.31. The summed E-state index contributed by atoms with van der Waals surface area (Å²) < 4.78 is 7.14. The van der Waals surface area contributed by atoms with Gasteiger partial charge in [0.05, 0.1) is 23.7 Å². The van der Waals surface area contributed by atoms with Crippen LogP contribution in [0.4, 0.5) is 0 Å². The molecule has 1 aromatic heterocycles. The second kappa shape index (κ2) is 7.30. The molecule has 0 aliphatic heterocycles. The molecule has 0 atom stereocenters. The minimum atomic E-state index is -0.181. The van der Waals surface area contributed by atoms with Gasteiger partial charge in [0.2, 0.25) is 0 Å². The number of aromatic nitrogens is 2. The van der Waals surface area contributed by atoms with E-state index in [0.29, 0.717) is 29.3 Å². The summed E-state index contributed by atoms with van der Waals surface area (Å²) in [5.74, 6) is 1.72. The highest BCUT2D eigenvalue weighted by atomic mass is 16.5. The molecule has 0 radical (unpaired) electrons. The number of hydrogen-bond acceptors (Lipinski definition) is 4. The Bertz CT molecular complexity index is 974. The van der Waals surface area contributed by atoms with Gasteiger partial charge >= 0.3 is 0 Å². The van der Waals surface area contributed by atoms with E-state index in [1.165, 1.54) is 4.68 Å². The number of para-hydroxylation sites is 2. The third-order valence-corrected chi connectivity index (χ3v) is 3.72. The number of fused-ring (bicyclic) bond motifs is 1. The highest BCUT2D eigenvalue weighted by molar-refractivity contribution is 5.83. The summed E-state index contributed by atoms with van der Waals surface area (Å²) in [5.41, 5.74) is 1.32. The van der Waals surface area contributed by atoms with Crippen LogP contribution in [0.25, 0.3) is 10.9 Å². The third-order valence-electron chi connectivity index (χ3n) is 3.72. The van der Waals surface area contributed by atoms with Crippen molar-refractivity contribution < 1.29 is 4.74 Å². The number of rotatable bonds is 5. The van der Waals surface area contributed by atoms with Crippen molar-refractivity contribution >= 4 is 17.1 Å². The first kappa shape index (κ1) is 16.9. The standard InChI is InChI=1S/C20H21N3O2/c1-14(2)13-25-19-11-7-4-8-16(19)12-21-23-15(3)22-18-10-6-5-9-17(18)20(23)24/h4-12,14H,13H2,1-3H3/b21-12+. The predicted octanol–water partition coefficient (Wildman–Crippen LogP) is 3.62. The van der Waals surface area contributed by atoms with E-state index in [-0.39, 0.29) is 5.56 Å². The fourth-order valence-corrected chi connectivity index (χ4v) is 2.47. The van der Waals surface area contributed by atoms with Crippen molar-refractivity contribution in [1.29, 1.82) is 0 Å². The Kier molecular flexibility index (Phi) is 4.93. The summed E-state index contributed by atoms with van der Waals surface area (Å²) >= 11 is 0. The van der Waals surface area contributed by atoms with E-state index in [4.69, 9.17) is 4.74 Å². The summed E-state index contributed by atoms with van der Waals surface area (Å²) in [6, 6.07) is 14.9. The Hall–Kier alpha value is -2.95. The average molecular weight is 335 g/mol. The van der Waals surface area contributed by atoms with Crippen LogP contribution < -0.4 is 10.3 Å². The lowest BCUT2D eigenvalue weighted by molar-refractivity contribution is 0.270. The van der Waals surface area contributed by atoms with Crippen LogP contribution >= 0.6 is 0 Å². The van der Waals surface area contributed by atoms with E-state index in [2.05, 4.69) is 23.9 Å². The second-order valence-corrected chi connectivity index (χ2v) is 6.28. The van der Waals surface area contributed by atoms with Gasteiger partial charge in [-0.2, -0.15) is 9.78 Å². The Morgan fingerprint density at radius 1 is 1.16 bits per heavy atom. The maximum atomic E-state index is 12.6. The summed E-state index contributed by atoms with van der Waals surface area (Å²) in [6.07, 6.45) is 1.64. The molecule has 0 spiro atoms. The van der Waals surface area contributed by atoms with Gasteiger partial charge < -0.3 is 4.74 Å². The average Bonchev–Trinajstić information content (AvgIpc) is 2.60. The van der Waals surface area contributed by atoms with Crippen molar-refractivity contribution in [2.75, 3.05) is 6.61 Å². The van der Waals surface area contributed by atoms with Gasteiger partial charge in [0.1, 0.15) is 11.6 Å². The molecular weight excluding hydrogens is 314 g/mol.